The van der Waals surface area contributed by atoms with Crippen LogP contribution in [0.5, 0.6) is 0 Å². The summed E-state index contributed by atoms with van der Waals surface area (Å²) in [5.41, 5.74) is 10.8. The van der Waals surface area contributed by atoms with E-state index in [9.17, 15) is 0 Å². The van der Waals surface area contributed by atoms with Crippen LogP contribution in [0.25, 0.3) is 44.3 Å². The summed E-state index contributed by atoms with van der Waals surface area (Å²) in [5, 5.41) is 2.35. The lowest BCUT2D eigenvalue weighted by Crippen LogP contribution is -2.02. The maximum absolute atomic E-state index is 4.76. The molecule has 1 nitrogen and oxygen atoms in total. The summed E-state index contributed by atoms with van der Waals surface area (Å²) in [6.45, 7) is 2.15. The van der Waals surface area contributed by atoms with Crippen molar-refractivity contribution in [1.29, 1.82) is 0 Å². The summed E-state index contributed by atoms with van der Waals surface area (Å²) in [5.74, 6) is 0. The fourth-order valence-corrected chi connectivity index (χ4v) is 4.32. The Balaban J connectivity index is 1.46. The van der Waals surface area contributed by atoms with Gasteiger partial charge >= 0.3 is 0 Å². The van der Waals surface area contributed by atoms with Crippen molar-refractivity contribution in [3.8, 4) is 33.4 Å². The van der Waals surface area contributed by atoms with Gasteiger partial charge in [0.2, 0.25) is 0 Å². The van der Waals surface area contributed by atoms with Crippen LogP contribution >= 0.6 is 9.24 Å². The van der Waals surface area contributed by atoms with E-state index < -0.39 is 0 Å². The summed E-state index contributed by atoms with van der Waals surface area (Å²) in [4.78, 5) is 4.76. The molecule has 0 radical (unpaired) electrons. The van der Waals surface area contributed by atoms with Gasteiger partial charge in [-0.15, -0.1) is 9.24 Å². The van der Waals surface area contributed by atoms with Crippen molar-refractivity contribution in [3.05, 3.63) is 103 Å². The van der Waals surface area contributed by atoms with E-state index in [-0.39, 0.29) is 0 Å². The highest BCUT2D eigenvalue weighted by molar-refractivity contribution is 7.27. The Labute approximate surface area is 186 Å². The number of aryl methyl sites for hydroxylation is 1. The van der Waals surface area contributed by atoms with Crippen molar-refractivity contribution in [1.82, 2.24) is 4.98 Å². The third kappa shape index (κ3) is 4.17. The molecule has 1 unspecified atom stereocenters. The van der Waals surface area contributed by atoms with E-state index in [4.69, 9.17) is 4.98 Å². The Morgan fingerprint density at radius 3 is 1.94 bits per heavy atom. The van der Waals surface area contributed by atoms with Gasteiger partial charge in [0.1, 0.15) is 7.85 Å². The van der Waals surface area contributed by atoms with E-state index in [1.165, 1.54) is 44.1 Å². The van der Waals surface area contributed by atoms with Crippen LogP contribution in [0.3, 0.4) is 0 Å². The van der Waals surface area contributed by atoms with Gasteiger partial charge in [-0.05, 0) is 52.2 Å². The van der Waals surface area contributed by atoms with E-state index in [2.05, 4.69) is 115 Å². The molecule has 0 spiro atoms. The van der Waals surface area contributed by atoms with E-state index in [1.807, 2.05) is 6.20 Å². The number of nitrogens with zero attached hydrogens (tertiary/aromatic N) is 1. The Morgan fingerprint density at radius 1 is 0.613 bits per heavy atom. The summed E-state index contributed by atoms with van der Waals surface area (Å²) >= 11 is 0. The Hall–Kier alpha value is -3.22. The van der Waals surface area contributed by atoms with Gasteiger partial charge in [-0.2, -0.15) is 0 Å². The topological polar surface area (TPSA) is 12.9 Å². The molecule has 0 saturated carbocycles. The monoisotopic (exact) mass is 415 g/mol. The van der Waals surface area contributed by atoms with Gasteiger partial charge in [-0.1, -0.05) is 89.9 Å². The maximum atomic E-state index is 4.76. The summed E-state index contributed by atoms with van der Waals surface area (Å²) in [6, 6.07) is 32.7. The van der Waals surface area contributed by atoms with Crippen LogP contribution in [0.1, 0.15) is 5.56 Å². The van der Waals surface area contributed by atoms with Crippen LogP contribution in [0.2, 0.25) is 0 Å². The maximum Gasteiger partial charge on any atom is 0.139 e. The number of fused-ring (bicyclic) bond motifs is 1. The fourth-order valence-electron chi connectivity index (χ4n) is 4.13. The molecule has 5 aromatic rings. The molecule has 0 N–H and O–H groups in total. The third-order valence-corrected chi connectivity index (χ3v) is 6.09. The standard InChI is InChI=1S/C28H23BNP/c1-18-12-24(15-26(29)13-18)20-2-4-21(5-3-20)25-14-23-7-6-22(16-28(23)30-17-25)19-8-10-27(31)11-9-19/h2-17H,29,31H2,1H3. The minimum atomic E-state index is 1.02. The second kappa shape index (κ2) is 8.14. The minimum absolute atomic E-state index is 1.02. The second-order valence-corrected chi connectivity index (χ2v) is 8.87. The van der Waals surface area contributed by atoms with Crippen LogP contribution in [0.15, 0.2) is 97.2 Å². The van der Waals surface area contributed by atoms with E-state index in [0.29, 0.717) is 0 Å². The molecule has 4 aromatic carbocycles. The quantitative estimate of drug-likeness (QED) is 0.288. The van der Waals surface area contributed by atoms with Crippen LogP contribution in [0, 0.1) is 6.92 Å². The SMILES string of the molecule is Bc1cc(C)cc(-c2ccc(-c3cnc4cc(-c5ccc(P)cc5)ccc4c3)cc2)c1. The highest BCUT2D eigenvalue weighted by Gasteiger charge is 2.05. The first-order valence-corrected chi connectivity index (χ1v) is 11.1. The first-order valence-electron chi connectivity index (χ1n) is 10.5. The largest absolute Gasteiger partial charge is 0.256 e. The number of hydrogen-bond acceptors (Lipinski definition) is 1. The summed E-state index contributed by atoms with van der Waals surface area (Å²) in [6.07, 6.45) is 1.98. The van der Waals surface area contributed by atoms with Gasteiger partial charge in [-0.25, -0.2) is 0 Å². The highest BCUT2D eigenvalue weighted by atomic mass is 31.0. The molecule has 1 aromatic heterocycles. The summed E-state index contributed by atoms with van der Waals surface area (Å²) < 4.78 is 0. The predicted molar refractivity (Wildman–Crippen MR) is 140 cm³/mol. The Kier molecular flexibility index (Phi) is 5.18. The zero-order valence-electron chi connectivity index (χ0n) is 17.8. The minimum Gasteiger partial charge on any atom is -0.256 e. The number of benzene rings is 4. The molecule has 0 fully saturated rings. The summed E-state index contributed by atoms with van der Waals surface area (Å²) in [7, 11) is 4.88. The molecule has 31 heavy (non-hydrogen) atoms. The predicted octanol–water partition coefficient (Wildman–Crippen LogP) is 5.30. The second-order valence-electron chi connectivity index (χ2n) is 8.21. The van der Waals surface area contributed by atoms with Gasteiger partial charge in [0, 0.05) is 17.1 Å². The molecule has 3 heteroatoms. The molecule has 1 atom stereocenters. The molecule has 0 saturated heterocycles. The van der Waals surface area contributed by atoms with Gasteiger partial charge in [0.05, 0.1) is 5.52 Å². The van der Waals surface area contributed by atoms with Crippen molar-refractivity contribution >= 4 is 38.8 Å². The number of rotatable bonds is 3. The highest BCUT2D eigenvalue weighted by Crippen LogP contribution is 2.28. The van der Waals surface area contributed by atoms with E-state index in [1.54, 1.807) is 0 Å². The van der Waals surface area contributed by atoms with Crippen molar-refractivity contribution in [2.75, 3.05) is 0 Å². The molecule has 0 bridgehead atoms. The lowest BCUT2D eigenvalue weighted by atomic mass is 9.90. The number of aromatic nitrogens is 1. The zero-order chi connectivity index (χ0) is 21.4. The lowest BCUT2D eigenvalue weighted by molar-refractivity contribution is 1.41. The number of pyridine rings is 1. The van der Waals surface area contributed by atoms with Gasteiger partial charge in [-0.3, -0.25) is 4.98 Å². The fraction of sp³-hybridized carbons (Fsp3) is 0.0357. The average molecular weight is 415 g/mol. The third-order valence-electron chi connectivity index (χ3n) is 5.70. The molecule has 0 aliphatic rings. The first kappa shape index (κ1) is 19.7. The first-order chi connectivity index (χ1) is 15.0. The van der Waals surface area contributed by atoms with Gasteiger partial charge < -0.3 is 0 Å². The van der Waals surface area contributed by atoms with Crippen molar-refractivity contribution < 1.29 is 0 Å². The molecule has 0 amide bonds. The van der Waals surface area contributed by atoms with Crippen LogP contribution < -0.4 is 10.8 Å². The molecule has 1 heterocycles. The van der Waals surface area contributed by atoms with Gasteiger partial charge in [0.25, 0.3) is 0 Å². The molecule has 0 aliphatic heterocycles. The molecular weight excluding hydrogens is 392 g/mol. The van der Waals surface area contributed by atoms with E-state index >= 15 is 0 Å². The zero-order valence-corrected chi connectivity index (χ0v) is 18.9. The van der Waals surface area contributed by atoms with Crippen molar-refractivity contribution in [3.63, 3.8) is 0 Å². The van der Waals surface area contributed by atoms with Crippen LogP contribution in [-0.2, 0) is 0 Å². The molecular formula is C28H23BNP. The van der Waals surface area contributed by atoms with Gasteiger partial charge in [0.15, 0.2) is 0 Å². The van der Waals surface area contributed by atoms with Crippen LogP contribution in [0.4, 0.5) is 0 Å². The molecule has 0 aliphatic carbocycles. The van der Waals surface area contributed by atoms with E-state index in [0.717, 1.165) is 16.5 Å². The smallest absolute Gasteiger partial charge is 0.139 e. The van der Waals surface area contributed by atoms with Crippen molar-refractivity contribution in [2.24, 2.45) is 0 Å². The average Bonchev–Trinajstić information content (AvgIpc) is 2.78. The molecule has 5 rings (SSSR count). The molecule has 148 valence electrons. The lowest BCUT2D eigenvalue weighted by Gasteiger charge is -2.09. The normalized spacial score (nSPS) is 11.0. The Bertz CT molecular complexity index is 1370. The number of hydrogen-bond donors (Lipinski definition) is 0. The van der Waals surface area contributed by atoms with Crippen molar-refractivity contribution in [2.45, 2.75) is 6.92 Å². The Morgan fingerprint density at radius 2 is 1.23 bits per heavy atom. The van der Waals surface area contributed by atoms with Crippen LogP contribution in [-0.4, -0.2) is 12.8 Å².